The number of carbonyl (C=O) groups is 2. The number of hydrogen-bond donors (Lipinski definition) is 1. The molecule has 1 aromatic heterocycles. The first-order chi connectivity index (χ1) is 13.1. The van der Waals surface area contributed by atoms with Gasteiger partial charge in [-0.2, -0.15) is 4.98 Å². The van der Waals surface area contributed by atoms with Crippen molar-refractivity contribution < 1.29 is 23.6 Å². The van der Waals surface area contributed by atoms with E-state index in [-0.39, 0.29) is 24.1 Å². The number of ether oxygens (including phenoxy) is 2. The second-order valence-electron chi connectivity index (χ2n) is 5.24. The van der Waals surface area contributed by atoms with Crippen LogP contribution in [0.2, 0.25) is 5.02 Å². The number of aromatic nitrogens is 2. The Kier molecular flexibility index (Phi) is 5.68. The number of rotatable bonds is 6. The fourth-order valence-corrected chi connectivity index (χ4v) is 2.43. The average molecular weight is 388 g/mol. The lowest BCUT2D eigenvalue weighted by Crippen LogP contribution is -2.21. The van der Waals surface area contributed by atoms with Crippen LogP contribution < -0.4 is 10.1 Å². The molecule has 0 unspecified atom stereocenters. The summed E-state index contributed by atoms with van der Waals surface area (Å²) in [5.41, 5.74) is 1.11. The molecule has 0 saturated carbocycles. The van der Waals surface area contributed by atoms with Crippen molar-refractivity contribution in [3.8, 4) is 17.5 Å². The van der Waals surface area contributed by atoms with E-state index in [0.717, 1.165) is 0 Å². The van der Waals surface area contributed by atoms with E-state index in [4.69, 9.17) is 20.9 Å². The van der Waals surface area contributed by atoms with Crippen molar-refractivity contribution >= 4 is 29.2 Å². The van der Waals surface area contributed by atoms with Crippen molar-refractivity contribution in [3.05, 3.63) is 59.1 Å². The molecule has 0 bridgehead atoms. The number of benzene rings is 2. The average Bonchev–Trinajstić information content (AvgIpc) is 3.15. The molecule has 3 rings (SSSR count). The third-order valence-corrected chi connectivity index (χ3v) is 3.78. The molecule has 0 atom stereocenters. The Morgan fingerprint density at radius 2 is 1.89 bits per heavy atom. The maximum absolute atomic E-state index is 12.1. The largest absolute Gasteiger partial charge is 0.465 e. The molecule has 8 nitrogen and oxygen atoms in total. The lowest BCUT2D eigenvalue weighted by Gasteiger charge is -2.09. The van der Waals surface area contributed by atoms with Gasteiger partial charge < -0.3 is 14.8 Å². The van der Waals surface area contributed by atoms with Crippen molar-refractivity contribution in [1.82, 2.24) is 10.1 Å². The van der Waals surface area contributed by atoms with Crippen LogP contribution in [0.1, 0.15) is 10.4 Å². The van der Waals surface area contributed by atoms with Crippen LogP contribution >= 0.6 is 11.6 Å². The standard InChI is InChI=1S/C18H14ClN3O5/c1-25-17(24)12-7-3-5-9-14(12)20-15(23)10-26-18-21-16(22-27-18)11-6-2-4-8-13(11)19/h2-9H,10H2,1H3,(H,20,23). The zero-order valence-electron chi connectivity index (χ0n) is 14.1. The lowest BCUT2D eigenvalue weighted by molar-refractivity contribution is -0.118. The highest BCUT2D eigenvalue weighted by Crippen LogP contribution is 2.26. The second-order valence-corrected chi connectivity index (χ2v) is 5.64. The number of amides is 1. The van der Waals surface area contributed by atoms with E-state index in [1.165, 1.54) is 13.2 Å². The Balaban J connectivity index is 1.62. The Morgan fingerprint density at radius 3 is 2.67 bits per heavy atom. The van der Waals surface area contributed by atoms with Crippen LogP contribution in [-0.4, -0.2) is 35.7 Å². The van der Waals surface area contributed by atoms with E-state index >= 15 is 0 Å². The Bertz CT molecular complexity index is 973. The first-order valence-corrected chi connectivity index (χ1v) is 8.15. The van der Waals surface area contributed by atoms with E-state index < -0.39 is 11.9 Å². The van der Waals surface area contributed by atoms with Gasteiger partial charge in [-0.1, -0.05) is 41.0 Å². The summed E-state index contributed by atoms with van der Waals surface area (Å²) in [7, 11) is 1.26. The maximum atomic E-state index is 12.1. The van der Waals surface area contributed by atoms with Crippen molar-refractivity contribution in [1.29, 1.82) is 0 Å². The molecule has 0 saturated heterocycles. The molecule has 1 amide bonds. The molecule has 0 aliphatic heterocycles. The molecule has 3 aromatic rings. The molecule has 0 fully saturated rings. The fourth-order valence-electron chi connectivity index (χ4n) is 2.21. The zero-order valence-corrected chi connectivity index (χ0v) is 14.9. The molecular weight excluding hydrogens is 374 g/mol. The summed E-state index contributed by atoms with van der Waals surface area (Å²) in [6.07, 6.45) is -0.179. The number of esters is 1. The first kappa shape index (κ1) is 18.4. The van der Waals surface area contributed by atoms with Crippen LogP contribution in [0.15, 0.2) is 53.1 Å². The number of hydrogen-bond acceptors (Lipinski definition) is 7. The third kappa shape index (κ3) is 4.42. The molecule has 0 radical (unpaired) electrons. The van der Waals surface area contributed by atoms with Gasteiger partial charge >= 0.3 is 12.0 Å². The number of carbonyl (C=O) groups excluding carboxylic acids is 2. The minimum atomic E-state index is -0.562. The minimum absolute atomic E-state index is 0.179. The summed E-state index contributed by atoms with van der Waals surface area (Å²) in [5, 5.41) is 6.80. The van der Waals surface area contributed by atoms with Crippen LogP contribution in [0.5, 0.6) is 6.08 Å². The number of nitrogens with one attached hydrogen (secondary N) is 1. The van der Waals surface area contributed by atoms with Gasteiger partial charge in [-0.05, 0) is 24.3 Å². The van der Waals surface area contributed by atoms with E-state index in [9.17, 15) is 9.59 Å². The van der Waals surface area contributed by atoms with Crippen LogP contribution in [0, 0.1) is 0 Å². The molecule has 9 heteroatoms. The van der Waals surface area contributed by atoms with E-state index in [0.29, 0.717) is 16.3 Å². The van der Waals surface area contributed by atoms with Gasteiger partial charge in [0.15, 0.2) is 6.61 Å². The summed E-state index contributed by atoms with van der Waals surface area (Å²) in [5.74, 6) is -0.830. The lowest BCUT2D eigenvalue weighted by atomic mass is 10.2. The Labute approximate surface area is 159 Å². The van der Waals surface area contributed by atoms with Crippen molar-refractivity contribution in [2.45, 2.75) is 0 Å². The van der Waals surface area contributed by atoms with Gasteiger partial charge in [0.1, 0.15) is 0 Å². The van der Waals surface area contributed by atoms with Gasteiger partial charge in [-0.15, -0.1) is 0 Å². The Morgan fingerprint density at radius 1 is 1.15 bits per heavy atom. The van der Waals surface area contributed by atoms with Gasteiger partial charge in [-0.3, -0.25) is 9.32 Å². The smallest absolute Gasteiger partial charge is 0.418 e. The van der Waals surface area contributed by atoms with E-state index in [2.05, 4.69) is 20.2 Å². The topological polar surface area (TPSA) is 104 Å². The fraction of sp³-hybridized carbons (Fsp3) is 0.111. The Hall–Kier alpha value is -3.39. The highest BCUT2D eigenvalue weighted by Gasteiger charge is 2.16. The molecular formula is C18H14ClN3O5. The van der Waals surface area contributed by atoms with E-state index in [1.54, 1.807) is 42.5 Å². The monoisotopic (exact) mass is 387 g/mol. The number of halogens is 1. The summed E-state index contributed by atoms with van der Waals surface area (Å²) < 4.78 is 14.8. The number of para-hydroxylation sites is 1. The summed E-state index contributed by atoms with van der Waals surface area (Å²) in [6, 6.07) is 13.4. The molecule has 0 aliphatic rings. The maximum Gasteiger partial charge on any atom is 0.418 e. The number of methoxy groups -OCH3 is 1. The number of anilines is 1. The summed E-state index contributed by atoms with van der Waals surface area (Å²) in [6.45, 7) is -0.389. The van der Waals surface area contributed by atoms with Crippen LogP contribution in [0.3, 0.4) is 0 Å². The molecule has 27 heavy (non-hydrogen) atoms. The first-order valence-electron chi connectivity index (χ1n) is 7.77. The van der Waals surface area contributed by atoms with Gasteiger partial charge in [0.25, 0.3) is 5.91 Å². The van der Waals surface area contributed by atoms with Crippen LogP contribution in [-0.2, 0) is 9.53 Å². The summed E-state index contributed by atoms with van der Waals surface area (Å²) in [4.78, 5) is 27.8. The predicted octanol–water partition coefficient (Wildman–Crippen LogP) is 3.19. The van der Waals surface area contributed by atoms with Gasteiger partial charge in [-0.25, -0.2) is 4.79 Å². The SMILES string of the molecule is COC(=O)c1ccccc1NC(=O)COc1nc(-c2ccccc2Cl)no1. The molecule has 2 aromatic carbocycles. The quantitative estimate of drug-likeness (QED) is 0.647. The van der Waals surface area contributed by atoms with Crippen molar-refractivity contribution in [2.75, 3.05) is 19.0 Å². The van der Waals surface area contributed by atoms with Crippen molar-refractivity contribution in [2.24, 2.45) is 0 Å². The third-order valence-electron chi connectivity index (χ3n) is 3.46. The second kappa shape index (κ2) is 8.33. The highest BCUT2D eigenvalue weighted by atomic mass is 35.5. The molecule has 1 heterocycles. The predicted molar refractivity (Wildman–Crippen MR) is 96.7 cm³/mol. The highest BCUT2D eigenvalue weighted by molar-refractivity contribution is 6.33. The molecule has 0 aliphatic carbocycles. The summed E-state index contributed by atoms with van der Waals surface area (Å²) >= 11 is 6.07. The minimum Gasteiger partial charge on any atom is -0.465 e. The van der Waals surface area contributed by atoms with Gasteiger partial charge in [0, 0.05) is 5.56 Å². The normalized spacial score (nSPS) is 10.3. The van der Waals surface area contributed by atoms with Crippen molar-refractivity contribution in [3.63, 3.8) is 0 Å². The zero-order chi connectivity index (χ0) is 19.2. The molecule has 1 N–H and O–H groups in total. The number of nitrogens with zero attached hydrogens (tertiary/aromatic N) is 2. The van der Waals surface area contributed by atoms with Gasteiger partial charge in [0.05, 0.1) is 23.4 Å². The molecule has 0 spiro atoms. The van der Waals surface area contributed by atoms with Gasteiger partial charge in [0.2, 0.25) is 5.82 Å². The molecule has 138 valence electrons. The van der Waals surface area contributed by atoms with E-state index in [1.807, 2.05) is 0 Å². The van der Waals surface area contributed by atoms with Crippen LogP contribution in [0.25, 0.3) is 11.4 Å². The van der Waals surface area contributed by atoms with Crippen LogP contribution in [0.4, 0.5) is 5.69 Å².